The third-order valence-corrected chi connectivity index (χ3v) is 2.60. The zero-order valence-electron chi connectivity index (χ0n) is 7.92. The van der Waals surface area contributed by atoms with E-state index in [1.807, 2.05) is 30.3 Å². The molecule has 0 bridgehead atoms. The minimum Gasteiger partial charge on any atom is -0.358 e. The highest BCUT2D eigenvalue weighted by Gasteiger charge is 2.46. The molecule has 0 spiro atoms. The number of hydrogen-bond acceptors (Lipinski definition) is 3. The Labute approximate surface area is 87.3 Å². The minimum absolute atomic E-state index is 0.0597. The Hall–Kier alpha value is -1.92. The molecule has 2 atom stereocenters. The maximum Gasteiger partial charge on any atom is 0.131 e. The molecule has 1 fully saturated rings. The normalized spacial score (nSPS) is 26.5. The van der Waals surface area contributed by atoms with Crippen molar-refractivity contribution in [2.45, 2.75) is 12.2 Å². The van der Waals surface area contributed by atoms with E-state index < -0.39 is 0 Å². The summed E-state index contributed by atoms with van der Waals surface area (Å²) >= 11 is 0. The Morgan fingerprint density at radius 1 is 1.33 bits per heavy atom. The molecule has 0 aliphatic carbocycles. The Morgan fingerprint density at radius 3 is 3.07 bits per heavy atom. The van der Waals surface area contributed by atoms with Gasteiger partial charge in [0, 0.05) is 11.6 Å². The van der Waals surface area contributed by atoms with Crippen LogP contribution in [0.3, 0.4) is 0 Å². The molecule has 0 saturated carbocycles. The van der Waals surface area contributed by atoms with Gasteiger partial charge in [0.15, 0.2) is 0 Å². The van der Waals surface area contributed by atoms with Crippen molar-refractivity contribution in [2.75, 3.05) is 0 Å². The SMILES string of the molecule is N#CC=CC1=Nc2ccccc2C2OC12. The number of rotatable bonds is 1. The summed E-state index contributed by atoms with van der Waals surface area (Å²) in [4.78, 5) is 4.46. The van der Waals surface area contributed by atoms with Gasteiger partial charge in [-0.15, -0.1) is 0 Å². The topological polar surface area (TPSA) is 48.7 Å². The molecule has 3 rings (SSSR count). The van der Waals surface area contributed by atoms with Gasteiger partial charge in [0.2, 0.25) is 0 Å². The maximum atomic E-state index is 8.46. The number of fused-ring (bicyclic) bond motifs is 3. The standard InChI is InChI=1S/C12H8N2O/c13-7-3-6-10-12-11(15-12)8-4-1-2-5-9(8)14-10/h1-6,11-12H. The summed E-state index contributed by atoms with van der Waals surface area (Å²) in [5.74, 6) is 0. The van der Waals surface area contributed by atoms with Gasteiger partial charge in [0.1, 0.15) is 12.2 Å². The molecule has 0 radical (unpaired) electrons. The van der Waals surface area contributed by atoms with Crippen molar-refractivity contribution < 1.29 is 4.74 Å². The molecule has 3 nitrogen and oxygen atoms in total. The number of nitriles is 1. The van der Waals surface area contributed by atoms with Crippen LogP contribution in [0.5, 0.6) is 0 Å². The average Bonchev–Trinajstić information content (AvgIpc) is 3.06. The number of epoxide rings is 1. The summed E-state index contributed by atoms with van der Waals surface area (Å²) in [5, 5.41) is 8.46. The minimum atomic E-state index is 0.0597. The van der Waals surface area contributed by atoms with E-state index in [2.05, 4.69) is 4.99 Å². The molecule has 15 heavy (non-hydrogen) atoms. The molecule has 0 N–H and O–H groups in total. The van der Waals surface area contributed by atoms with Gasteiger partial charge in [0.25, 0.3) is 0 Å². The molecule has 2 aliphatic rings. The number of hydrogen-bond donors (Lipinski definition) is 0. The Kier molecular flexibility index (Phi) is 1.70. The highest BCUT2D eigenvalue weighted by Crippen LogP contribution is 2.47. The van der Waals surface area contributed by atoms with Gasteiger partial charge >= 0.3 is 0 Å². The fraction of sp³-hybridized carbons (Fsp3) is 0.167. The number of para-hydroxylation sites is 1. The molecule has 1 saturated heterocycles. The van der Waals surface area contributed by atoms with Crippen LogP contribution in [0.25, 0.3) is 0 Å². The third-order valence-electron chi connectivity index (χ3n) is 2.60. The third kappa shape index (κ3) is 1.27. The van der Waals surface area contributed by atoms with Crippen LogP contribution in [0.2, 0.25) is 0 Å². The lowest BCUT2D eigenvalue weighted by Crippen LogP contribution is -2.08. The van der Waals surface area contributed by atoms with Crippen molar-refractivity contribution in [3.05, 3.63) is 42.0 Å². The van der Waals surface area contributed by atoms with Crippen molar-refractivity contribution in [3.63, 3.8) is 0 Å². The van der Waals surface area contributed by atoms with Crippen molar-refractivity contribution >= 4 is 11.4 Å². The largest absolute Gasteiger partial charge is 0.358 e. The molecular weight excluding hydrogens is 188 g/mol. The molecule has 1 aromatic carbocycles. The fourth-order valence-corrected chi connectivity index (χ4v) is 1.86. The van der Waals surface area contributed by atoms with Crippen LogP contribution in [0.1, 0.15) is 11.7 Å². The quantitative estimate of drug-likeness (QED) is 0.511. The van der Waals surface area contributed by atoms with Crippen LogP contribution in [0, 0.1) is 11.3 Å². The van der Waals surface area contributed by atoms with E-state index in [0.29, 0.717) is 0 Å². The number of nitrogens with zero attached hydrogens (tertiary/aromatic N) is 2. The summed E-state index contributed by atoms with van der Waals surface area (Å²) < 4.78 is 5.52. The first kappa shape index (κ1) is 8.39. The second-order valence-electron chi connectivity index (χ2n) is 3.54. The number of aliphatic imine (C=N–C) groups is 1. The Bertz CT molecular complexity index is 511. The van der Waals surface area contributed by atoms with E-state index in [1.165, 1.54) is 6.08 Å². The van der Waals surface area contributed by atoms with E-state index >= 15 is 0 Å². The van der Waals surface area contributed by atoms with Gasteiger partial charge < -0.3 is 4.74 Å². The van der Waals surface area contributed by atoms with Crippen molar-refractivity contribution in [1.82, 2.24) is 0 Å². The van der Waals surface area contributed by atoms with E-state index in [1.54, 1.807) is 6.08 Å². The summed E-state index contributed by atoms with van der Waals surface area (Å²) in [6.07, 6.45) is 3.37. The zero-order valence-corrected chi connectivity index (χ0v) is 7.92. The van der Waals surface area contributed by atoms with Crippen molar-refractivity contribution in [2.24, 2.45) is 4.99 Å². The van der Waals surface area contributed by atoms with Gasteiger partial charge in [-0.25, -0.2) is 0 Å². The smallest absolute Gasteiger partial charge is 0.131 e. The Balaban J connectivity index is 2.05. The highest BCUT2D eigenvalue weighted by molar-refractivity contribution is 6.04. The molecule has 2 unspecified atom stereocenters. The second kappa shape index (κ2) is 3.04. The van der Waals surface area contributed by atoms with Crippen LogP contribution in [-0.4, -0.2) is 11.8 Å². The molecule has 2 aliphatic heterocycles. The molecule has 1 aromatic rings. The van der Waals surface area contributed by atoms with Crippen LogP contribution >= 0.6 is 0 Å². The monoisotopic (exact) mass is 196 g/mol. The first-order valence-corrected chi connectivity index (χ1v) is 4.79. The predicted molar refractivity (Wildman–Crippen MR) is 55.9 cm³/mol. The van der Waals surface area contributed by atoms with E-state index in [-0.39, 0.29) is 12.2 Å². The van der Waals surface area contributed by atoms with Gasteiger partial charge in [-0.1, -0.05) is 18.2 Å². The van der Waals surface area contributed by atoms with Crippen molar-refractivity contribution in [3.8, 4) is 6.07 Å². The number of ether oxygens (including phenoxy) is 1. The second-order valence-corrected chi connectivity index (χ2v) is 3.54. The molecule has 72 valence electrons. The van der Waals surface area contributed by atoms with E-state index in [9.17, 15) is 0 Å². The van der Waals surface area contributed by atoms with Crippen LogP contribution in [-0.2, 0) is 4.74 Å². The van der Waals surface area contributed by atoms with Crippen LogP contribution in [0.4, 0.5) is 5.69 Å². The van der Waals surface area contributed by atoms with Gasteiger partial charge in [-0.2, -0.15) is 5.26 Å². The average molecular weight is 196 g/mol. The maximum absolute atomic E-state index is 8.46. The summed E-state index contributed by atoms with van der Waals surface area (Å²) in [6, 6.07) is 9.91. The molecule has 3 heteroatoms. The van der Waals surface area contributed by atoms with Crippen LogP contribution in [0.15, 0.2) is 41.4 Å². The first-order chi connectivity index (χ1) is 7.40. The molecule has 0 aromatic heterocycles. The fourth-order valence-electron chi connectivity index (χ4n) is 1.86. The summed E-state index contributed by atoms with van der Waals surface area (Å²) in [5.41, 5.74) is 2.95. The number of allylic oxidation sites excluding steroid dienone is 1. The molecule has 0 amide bonds. The highest BCUT2D eigenvalue weighted by atomic mass is 16.6. The summed E-state index contributed by atoms with van der Waals surface area (Å²) in [6.45, 7) is 0. The van der Waals surface area contributed by atoms with E-state index in [4.69, 9.17) is 10.00 Å². The van der Waals surface area contributed by atoms with E-state index in [0.717, 1.165) is 17.0 Å². The lowest BCUT2D eigenvalue weighted by Gasteiger charge is -2.08. The van der Waals surface area contributed by atoms with Crippen LogP contribution < -0.4 is 0 Å². The lowest BCUT2D eigenvalue weighted by atomic mass is 10.0. The molecule has 2 heterocycles. The zero-order chi connectivity index (χ0) is 10.3. The number of benzene rings is 1. The lowest BCUT2D eigenvalue weighted by molar-refractivity contribution is 0.402. The molecular formula is C12H8N2O. The van der Waals surface area contributed by atoms with Crippen molar-refractivity contribution in [1.29, 1.82) is 5.26 Å². The summed E-state index contributed by atoms with van der Waals surface area (Å²) in [7, 11) is 0. The first-order valence-electron chi connectivity index (χ1n) is 4.79. The Morgan fingerprint density at radius 2 is 2.20 bits per heavy atom. The van der Waals surface area contributed by atoms with Gasteiger partial charge in [-0.05, 0) is 12.1 Å². The van der Waals surface area contributed by atoms with Gasteiger partial charge in [0.05, 0.1) is 17.5 Å². The predicted octanol–water partition coefficient (Wildman–Crippen LogP) is 2.29. The van der Waals surface area contributed by atoms with Gasteiger partial charge in [-0.3, -0.25) is 4.99 Å².